The van der Waals surface area contributed by atoms with Crippen LogP contribution < -0.4 is 25.6 Å². The summed E-state index contributed by atoms with van der Waals surface area (Å²) in [6.45, 7) is 10.5. The molecule has 3 amide bonds. The first-order chi connectivity index (χ1) is 38.8. The van der Waals surface area contributed by atoms with Crippen molar-refractivity contribution in [2.75, 3.05) is 57.4 Å². The highest BCUT2D eigenvalue weighted by Gasteiger charge is 2.45. The molecule has 81 heavy (non-hydrogen) atoms. The van der Waals surface area contributed by atoms with Gasteiger partial charge in [-0.2, -0.15) is 9.97 Å². The number of aromatic nitrogens is 4. The van der Waals surface area contributed by atoms with Crippen molar-refractivity contribution in [3.8, 4) is 46.5 Å². The molecule has 426 valence electrons. The van der Waals surface area contributed by atoms with Crippen LogP contribution in [0.3, 0.4) is 0 Å². The first-order valence-corrected chi connectivity index (χ1v) is 27.6. The average molecular weight is 1120 g/mol. The minimum atomic E-state index is -1.03. The molecule has 0 spiro atoms. The molecule has 4 aliphatic heterocycles. The minimum Gasteiger partial charge on any atom is -0.508 e. The number of pyridine rings is 2. The van der Waals surface area contributed by atoms with E-state index in [2.05, 4.69) is 46.6 Å². The van der Waals surface area contributed by atoms with Crippen LogP contribution in [-0.2, 0) is 19.1 Å². The Balaban J connectivity index is 0.732. The van der Waals surface area contributed by atoms with Gasteiger partial charge in [0.05, 0.1) is 47.7 Å². The van der Waals surface area contributed by atoms with Gasteiger partial charge in [-0.3, -0.25) is 29.3 Å². The second-order valence-electron chi connectivity index (χ2n) is 22.7. The number of nitrogens with zero attached hydrogens (tertiary/aromatic N) is 7. The zero-order chi connectivity index (χ0) is 57.3. The molecule has 4 aliphatic rings. The van der Waals surface area contributed by atoms with Gasteiger partial charge in [0.1, 0.15) is 47.3 Å². The van der Waals surface area contributed by atoms with Gasteiger partial charge >= 0.3 is 6.01 Å². The number of aromatic hydroxyl groups is 1. The highest BCUT2D eigenvalue weighted by atomic mass is 19.1. The Bertz CT molecular complexity index is 3360. The smallest absolute Gasteiger partial charge is 0.319 e. The maximum Gasteiger partial charge on any atom is 0.319 e. The van der Waals surface area contributed by atoms with Crippen LogP contribution >= 0.6 is 0 Å². The Morgan fingerprint density at radius 3 is 2.38 bits per heavy atom. The first-order valence-electron chi connectivity index (χ1n) is 27.6. The van der Waals surface area contributed by atoms with Gasteiger partial charge in [-0.25, -0.2) is 17.6 Å². The fraction of sp³-hybridized carbons (Fsp3) is 0.450. The number of phenols is 1. The number of nitrogens with one attached hydrogen (secondary N) is 3. The summed E-state index contributed by atoms with van der Waals surface area (Å²) in [5.74, 6) is -1.79. The molecule has 2 bridgehead atoms. The molecular weight excluding hydrogens is 1050 g/mol. The highest BCUT2D eigenvalue weighted by molar-refractivity contribution is 6.03. The van der Waals surface area contributed by atoms with Gasteiger partial charge in [-0.1, -0.05) is 57.0 Å². The number of terminal acetylenes is 1. The second kappa shape index (κ2) is 23.9. The summed E-state index contributed by atoms with van der Waals surface area (Å²) < 4.78 is 73.2. The van der Waals surface area contributed by atoms with Gasteiger partial charge in [-0.15, -0.1) is 6.42 Å². The molecule has 0 saturated carbocycles. The lowest BCUT2D eigenvalue weighted by atomic mass is 9.85. The SMILES string of the molecule is C#Cc1c(F)ccc2cc(O)cc(-c3ncc4c(N5CC6CCC(C5)N6)nc(OC[C@@H]5CCCN5CCCOCCC(=O)N[C@H](C(=O)N5C[C@H](O)C[C@H]5C(=O)N[C@@H](C)c5ccc(-c6c(F)cncc6F)cc5)C(C)(C)C)nc4c3F)c12. The molecule has 21 heteroatoms. The van der Waals surface area contributed by atoms with E-state index in [1.54, 1.807) is 52.0 Å². The van der Waals surface area contributed by atoms with Crippen LogP contribution in [0.15, 0.2) is 67.1 Å². The number of rotatable bonds is 18. The fourth-order valence-corrected chi connectivity index (χ4v) is 11.8. The molecular formula is C60H66F4N10O7. The summed E-state index contributed by atoms with van der Waals surface area (Å²) in [6, 6.07) is 9.65. The Morgan fingerprint density at radius 1 is 0.926 bits per heavy atom. The van der Waals surface area contributed by atoms with Crippen molar-refractivity contribution < 1.29 is 51.6 Å². The zero-order valence-corrected chi connectivity index (χ0v) is 45.7. The monoisotopic (exact) mass is 1110 g/mol. The Hall–Kier alpha value is -7.51. The lowest BCUT2D eigenvalue weighted by Crippen LogP contribution is -2.58. The van der Waals surface area contributed by atoms with Crippen LogP contribution in [0.2, 0.25) is 0 Å². The number of aliphatic hydroxyl groups excluding tert-OH is 1. The van der Waals surface area contributed by atoms with Crippen LogP contribution in [0.25, 0.3) is 44.1 Å². The molecule has 4 saturated heterocycles. The standard InChI is InChI=1S/C60H66F4N10O7/c1-6-42-45(61)17-14-36-23-40(75)24-43(50(36)42)53-52(64)54-44(26-66-53)56(73-29-37-15-16-38(30-73)68-37)71-59(70-54)81-32-39-9-7-19-72(39)20-8-21-80-22-18-49(77)69-55(60(3,4)5)58(79)74-31-41(76)25-48(74)57(78)67-33(2)34-10-12-35(13-11-34)51-46(62)27-65-28-47(51)63/h1,10-14,17,23-24,26-28,33,37-39,41,48,55,68,75-76H,7-9,15-16,18-22,25,29-32H2,2-5H3,(H,67,78)(H,69,77)/t33-,37?,38?,39-,41+,48-,55+/m0/s1. The number of anilines is 1. The zero-order valence-electron chi connectivity index (χ0n) is 45.7. The molecule has 7 heterocycles. The Morgan fingerprint density at radius 2 is 1.67 bits per heavy atom. The number of carbonyl (C=O) groups excluding carboxylic acids is 3. The molecule has 0 radical (unpaired) electrons. The van der Waals surface area contributed by atoms with E-state index in [0.717, 1.165) is 44.6 Å². The van der Waals surface area contributed by atoms with Gasteiger partial charge in [0.2, 0.25) is 17.7 Å². The third kappa shape index (κ3) is 12.2. The molecule has 2 unspecified atom stereocenters. The molecule has 4 fully saturated rings. The predicted octanol–water partition coefficient (Wildman–Crippen LogP) is 7.10. The molecule has 3 aromatic heterocycles. The Labute approximate surface area is 466 Å². The molecule has 0 aliphatic carbocycles. The maximum absolute atomic E-state index is 17.1. The number of ether oxygens (including phenoxy) is 2. The van der Waals surface area contributed by atoms with Crippen LogP contribution in [0, 0.1) is 41.0 Å². The molecule has 3 aromatic carbocycles. The molecule has 5 N–H and O–H groups in total. The minimum absolute atomic E-state index is 0.00278. The van der Waals surface area contributed by atoms with Crippen molar-refractivity contribution >= 4 is 45.2 Å². The van der Waals surface area contributed by atoms with E-state index in [-0.39, 0.29) is 95.8 Å². The van der Waals surface area contributed by atoms with Gasteiger partial charge in [0, 0.05) is 80.9 Å². The number of carbonyl (C=O) groups is 3. The van der Waals surface area contributed by atoms with Crippen LogP contribution in [0.4, 0.5) is 23.4 Å². The van der Waals surface area contributed by atoms with Crippen molar-refractivity contribution in [3.63, 3.8) is 0 Å². The normalized spacial score (nSPS) is 20.9. The van der Waals surface area contributed by atoms with Crippen molar-refractivity contribution in [3.05, 3.63) is 102 Å². The van der Waals surface area contributed by atoms with E-state index in [0.29, 0.717) is 60.4 Å². The number of hydrogen-bond acceptors (Lipinski definition) is 14. The number of phenolic OH excluding ortho intramolecular Hbond substituents is 1. The van der Waals surface area contributed by atoms with E-state index in [9.17, 15) is 33.4 Å². The van der Waals surface area contributed by atoms with E-state index in [1.807, 2.05) is 0 Å². The van der Waals surface area contributed by atoms with E-state index < -0.39 is 70.6 Å². The lowest BCUT2D eigenvalue weighted by molar-refractivity contribution is -0.144. The number of β-amino-alcohol motifs (C(OH)–C–C–N with tert-alkyl or cyclic N) is 1. The summed E-state index contributed by atoms with van der Waals surface area (Å²) in [4.78, 5) is 64.7. The highest BCUT2D eigenvalue weighted by Crippen LogP contribution is 2.40. The molecule has 10 rings (SSSR count). The number of piperazine rings is 1. The van der Waals surface area contributed by atoms with Crippen molar-refractivity contribution in [1.29, 1.82) is 0 Å². The van der Waals surface area contributed by atoms with Crippen molar-refractivity contribution in [2.24, 2.45) is 5.41 Å². The predicted molar refractivity (Wildman–Crippen MR) is 296 cm³/mol. The fourth-order valence-electron chi connectivity index (χ4n) is 11.8. The largest absolute Gasteiger partial charge is 0.508 e. The third-order valence-electron chi connectivity index (χ3n) is 15.9. The van der Waals surface area contributed by atoms with Gasteiger partial charge in [0.15, 0.2) is 17.5 Å². The van der Waals surface area contributed by atoms with Crippen LogP contribution in [0.1, 0.15) is 89.8 Å². The van der Waals surface area contributed by atoms with Crippen LogP contribution in [-0.4, -0.2) is 147 Å². The molecule has 7 atom stereocenters. The van der Waals surface area contributed by atoms with Crippen LogP contribution in [0.5, 0.6) is 11.8 Å². The second-order valence-corrected chi connectivity index (χ2v) is 22.7. The first kappa shape index (κ1) is 56.8. The quantitative estimate of drug-likeness (QED) is 0.0331. The van der Waals surface area contributed by atoms with Gasteiger partial charge in [-0.05, 0) is 85.7 Å². The summed E-state index contributed by atoms with van der Waals surface area (Å²) in [7, 11) is 0. The number of benzene rings is 3. The summed E-state index contributed by atoms with van der Waals surface area (Å²) >= 11 is 0. The number of hydrogen-bond donors (Lipinski definition) is 5. The maximum atomic E-state index is 17.1. The summed E-state index contributed by atoms with van der Waals surface area (Å²) in [5.41, 5.74) is -0.211. The number of likely N-dealkylation sites (tertiary alicyclic amines) is 2. The van der Waals surface area contributed by atoms with Crippen molar-refractivity contribution in [1.82, 2.24) is 45.7 Å². The van der Waals surface area contributed by atoms with Crippen molar-refractivity contribution in [2.45, 2.75) is 115 Å². The van der Waals surface area contributed by atoms with Gasteiger partial charge in [0.25, 0.3) is 0 Å². The molecule has 17 nitrogen and oxygen atoms in total. The summed E-state index contributed by atoms with van der Waals surface area (Å²) in [5, 5.41) is 31.8. The van der Waals surface area contributed by atoms with Gasteiger partial charge < -0.3 is 45.4 Å². The van der Waals surface area contributed by atoms with E-state index >= 15 is 8.78 Å². The average Bonchev–Trinajstić information content (AvgIpc) is 4.13. The topological polar surface area (TPSA) is 208 Å². The number of fused-ring (bicyclic) bond motifs is 4. The number of amides is 3. The lowest BCUT2D eigenvalue weighted by Gasteiger charge is -2.35. The third-order valence-corrected chi connectivity index (χ3v) is 15.9. The Kier molecular flexibility index (Phi) is 16.7. The number of halogens is 4. The molecule has 6 aromatic rings. The van der Waals surface area contributed by atoms with E-state index in [1.165, 1.54) is 35.4 Å². The number of aliphatic hydroxyl groups is 1. The summed E-state index contributed by atoms with van der Waals surface area (Å²) in [6.07, 6.45) is 12.5. The van der Waals surface area contributed by atoms with E-state index in [4.69, 9.17) is 20.9 Å².